The normalized spacial score (nSPS) is 10.3. The van der Waals surface area contributed by atoms with Gasteiger partial charge in [0.05, 0.1) is 0 Å². The Morgan fingerprint density at radius 3 is 1.68 bits per heavy atom. The Morgan fingerprint density at radius 2 is 1.12 bits per heavy atom. The average Bonchev–Trinajstić information content (AvgIpc) is 2.79. The minimum atomic E-state index is -0.591. The average molecular weight is 344 g/mol. The molecule has 0 radical (unpaired) electrons. The van der Waals surface area contributed by atoms with E-state index in [9.17, 15) is 9.59 Å². The van der Waals surface area contributed by atoms with E-state index in [1.807, 2.05) is 27.7 Å². The molecule has 0 atom stereocenters. The first-order valence-electron chi connectivity index (χ1n) is 8.03. The minimum Gasteiger partial charge on any atom is -0.504 e. The Bertz CT molecular complexity index is 841. The van der Waals surface area contributed by atoms with Gasteiger partial charge in [0.1, 0.15) is 0 Å². The SMILES string of the molecule is CC(C)c1ccc(O)c(=O)cc1.CC(C)c1ccc(O)c(O)c(=O)c1. The largest absolute Gasteiger partial charge is 0.504 e. The summed E-state index contributed by atoms with van der Waals surface area (Å²) in [5, 5.41) is 27.3. The number of rotatable bonds is 2. The third-order valence-corrected chi connectivity index (χ3v) is 3.65. The van der Waals surface area contributed by atoms with Crippen LogP contribution in [0.5, 0.6) is 17.2 Å². The van der Waals surface area contributed by atoms with Gasteiger partial charge in [-0.15, -0.1) is 0 Å². The van der Waals surface area contributed by atoms with Gasteiger partial charge in [-0.1, -0.05) is 45.9 Å². The van der Waals surface area contributed by atoms with Crippen LogP contribution in [-0.2, 0) is 0 Å². The van der Waals surface area contributed by atoms with Gasteiger partial charge in [-0.25, -0.2) is 0 Å². The van der Waals surface area contributed by atoms with Crippen LogP contribution >= 0.6 is 0 Å². The highest BCUT2D eigenvalue weighted by Crippen LogP contribution is 2.20. The van der Waals surface area contributed by atoms with Crippen LogP contribution in [0.15, 0.2) is 52.1 Å². The second-order valence-corrected chi connectivity index (χ2v) is 6.30. The lowest BCUT2D eigenvalue weighted by Crippen LogP contribution is -1.96. The number of aromatic hydroxyl groups is 3. The first kappa shape index (κ1) is 20.2. The van der Waals surface area contributed by atoms with E-state index < -0.39 is 11.2 Å². The van der Waals surface area contributed by atoms with E-state index in [1.54, 1.807) is 18.2 Å². The molecule has 2 aromatic carbocycles. The van der Waals surface area contributed by atoms with E-state index in [0.717, 1.165) is 11.1 Å². The molecule has 0 aromatic heterocycles. The van der Waals surface area contributed by atoms with Gasteiger partial charge in [-0.2, -0.15) is 0 Å². The molecule has 0 aliphatic heterocycles. The molecule has 0 unspecified atom stereocenters. The van der Waals surface area contributed by atoms with Gasteiger partial charge >= 0.3 is 0 Å². The maximum absolute atomic E-state index is 11.2. The molecular weight excluding hydrogens is 320 g/mol. The first-order valence-corrected chi connectivity index (χ1v) is 8.03. The van der Waals surface area contributed by atoms with E-state index in [-0.39, 0.29) is 22.8 Å². The van der Waals surface area contributed by atoms with Gasteiger partial charge in [-0.3, -0.25) is 9.59 Å². The van der Waals surface area contributed by atoms with Crippen molar-refractivity contribution in [1.29, 1.82) is 0 Å². The molecule has 134 valence electrons. The second-order valence-electron chi connectivity index (χ2n) is 6.30. The lowest BCUT2D eigenvalue weighted by Gasteiger charge is -1.99. The summed E-state index contributed by atoms with van der Waals surface area (Å²) in [4.78, 5) is 22.1. The molecule has 0 saturated heterocycles. The van der Waals surface area contributed by atoms with Crippen LogP contribution in [0.25, 0.3) is 0 Å². The number of hydrogen-bond acceptors (Lipinski definition) is 5. The molecule has 0 heterocycles. The Labute approximate surface area is 146 Å². The van der Waals surface area contributed by atoms with Gasteiger partial charge < -0.3 is 15.3 Å². The topological polar surface area (TPSA) is 94.8 Å². The third kappa shape index (κ3) is 5.95. The Balaban J connectivity index is 0.000000251. The summed E-state index contributed by atoms with van der Waals surface area (Å²) in [6, 6.07) is 10.6. The summed E-state index contributed by atoms with van der Waals surface area (Å²) in [6.07, 6.45) is 0. The Hall–Kier alpha value is -2.82. The van der Waals surface area contributed by atoms with Crippen molar-refractivity contribution in [1.82, 2.24) is 0 Å². The molecule has 0 aliphatic carbocycles. The molecule has 0 bridgehead atoms. The molecule has 0 fully saturated rings. The summed E-state index contributed by atoms with van der Waals surface area (Å²) >= 11 is 0. The van der Waals surface area contributed by atoms with Crippen molar-refractivity contribution in [3.8, 4) is 17.2 Å². The lowest BCUT2D eigenvalue weighted by molar-refractivity contribution is 0.402. The predicted molar refractivity (Wildman–Crippen MR) is 98.6 cm³/mol. The quantitative estimate of drug-likeness (QED) is 0.775. The van der Waals surface area contributed by atoms with Crippen LogP contribution in [-0.4, -0.2) is 15.3 Å². The fraction of sp³-hybridized carbons (Fsp3) is 0.300. The van der Waals surface area contributed by atoms with E-state index in [1.165, 1.54) is 24.3 Å². The predicted octanol–water partition coefficient (Wildman–Crippen LogP) is 3.46. The zero-order valence-corrected chi connectivity index (χ0v) is 14.9. The lowest BCUT2D eigenvalue weighted by atomic mass is 10.1. The van der Waals surface area contributed by atoms with Crippen molar-refractivity contribution >= 4 is 0 Å². The summed E-state index contributed by atoms with van der Waals surface area (Å²) in [5.74, 6) is -0.596. The molecule has 0 amide bonds. The van der Waals surface area contributed by atoms with Crippen molar-refractivity contribution in [2.75, 3.05) is 0 Å². The zero-order valence-electron chi connectivity index (χ0n) is 14.9. The third-order valence-electron chi connectivity index (χ3n) is 3.65. The van der Waals surface area contributed by atoms with Crippen molar-refractivity contribution in [2.45, 2.75) is 39.5 Å². The van der Waals surface area contributed by atoms with Crippen molar-refractivity contribution < 1.29 is 15.3 Å². The molecule has 25 heavy (non-hydrogen) atoms. The van der Waals surface area contributed by atoms with Crippen LogP contribution < -0.4 is 10.9 Å². The van der Waals surface area contributed by atoms with E-state index in [4.69, 9.17) is 15.3 Å². The van der Waals surface area contributed by atoms with Gasteiger partial charge in [0.2, 0.25) is 16.6 Å². The fourth-order valence-electron chi connectivity index (χ4n) is 1.96. The summed E-state index contributed by atoms with van der Waals surface area (Å²) in [5.41, 5.74) is 0.959. The van der Waals surface area contributed by atoms with Gasteiger partial charge in [0.15, 0.2) is 11.5 Å². The molecule has 0 saturated carbocycles. The van der Waals surface area contributed by atoms with E-state index >= 15 is 0 Å². The fourth-order valence-corrected chi connectivity index (χ4v) is 1.96. The van der Waals surface area contributed by atoms with Gasteiger partial charge in [0.25, 0.3) is 0 Å². The van der Waals surface area contributed by atoms with Gasteiger partial charge in [-0.05, 0) is 47.2 Å². The summed E-state index contributed by atoms with van der Waals surface area (Å²) in [6.45, 7) is 7.94. The standard InChI is InChI=1S/C10H12O3.C10H12O2/c1-6(2)7-3-4-8(11)10(13)9(12)5-7;1-7(2)8-3-5-9(11)10(12)6-4-8/h3-6H,1-2H3,(H2,11,12,13);3-7H,1-2H3,(H,11,12). The molecule has 0 spiro atoms. The van der Waals surface area contributed by atoms with Gasteiger partial charge in [0, 0.05) is 0 Å². The van der Waals surface area contributed by atoms with Crippen molar-refractivity contribution in [2.24, 2.45) is 0 Å². The van der Waals surface area contributed by atoms with Crippen molar-refractivity contribution in [3.05, 3.63) is 74.0 Å². The molecule has 2 rings (SSSR count). The van der Waals surface area contributed by atoms with E-state index in [0.29, 0.717) is 5.92 Å². The maximum atomic E-state index is 11.2. The van der Waals surface area contributed by atoms with Crippen molar-refractivity contribution in [3.63, 3.8) is 0 Å². The maximum Gasteiger partial charge on any atom is 0.224 e. The van der Waals surface area contributed by atoms with Crippen LogP contribution in [0.1, 0.15) is 50.7 Å². The highest BCUT2D eigenvalue weighted by molar-refractivity contribution is 5.38. The summed E-state index contributed by atoms with van der Waals surface area (Å²) < 4.78 is 0. The van der Waals surface area contributed by atoms with Crippen LogP contribution in [0.4, 0.5) is 0 Å². The Morgan fingerprint density at radius 1 is 0.640 bits per heavy atom. The molecule has 2 aromatic rings. The smallest absolute Gasteiger partial charge is 0.224 e. The minimum absolute atomic E-state index is 0.193. The zero-order chi connectivity index (χ0) is 19.1. The molecule has 5 heteroatoms. The molecule has 0 aliphatic rings. The number of hydrogen-bond donors (Lipinski definition) is 3. The molecule has 5 nitrogen and oxygen atoms in total. The van der Waals surface area contributed by atoms with Crippen LogP contribution in [0.2, 0.25) is 0 Å². The highest BCUT2D eigenvalue weighted by Gasteiger charge is 2.04. The second kappa shape index (κ2) is 8.87. The molecule has 3 N–H and O–H groups in total. The van der Waals surface area contributed by atoms with Crippen LogP contribution in [0.3, 0.4) is 0 Å². The summed E-state index contributed by atoms with van der Waals surface area (Å²) in [7, 11) is 0. The highest BCUT2D eigenvalue weighted by atomic mass is 16.3. The molecular formula is C20H24O5. The van der Waals surface area contributed by atoms with Crippen LogP contribution in [0, 0.1) is 0 Å². The first-order chi connectivity index (χ1) is 11.6. The monoisotopic (exact) mass is 344 g/mol. The van der Waals surface area contributed by atoms with E-state index in [2.05, 4.69) is 0 Å². The Kier molecular flexibility index (Phi) is 7.18.